The van der Waals surface area contributed by atoms with Gasteiger partial charge in [0.15, 0.2) is 0 Å². The van der Waals surface area contributed by atoms with Crippen molar-refractivity contribution in [2.75, 3.05) is 6.54 Å². The second kappa shape index (κ2) is 5.46. The summed E-state index contributed by atoms with van der Waals surface area (Å²) in [5.41, 5.74) is 3.53. The molecule has 1 aromatic carbocycles. The number of nitrogens with one attached hydrogen (secondary N) is 1. The van der Waals surface area contributed by atoms with Crippen LogP contribution in [0.25, 0.3) is 0 Å². The highest BCUT2D eigenvalue weighted by molar-refractivity contribution is 7.90. The van der Waals surface area contributed by atoms with Gasteiger partial charge in [0.2, 0.25) is 10.0 Å². The van der Waals surface area contributed by atoms with Crippen LogP contribution in [-0.4, -0.2) is 30.0 Å². The van der Waals surface area contributed by atoms with E-state index in [-0.39, 0.29) is 5.25 Å². The lowest BCUT2D eigenvalue weighted by molar-refractivity contribution is 0.560. The average molecular weight is 331 g/mol. The predicted molar refractivity (Wildman–Crippen MR) is 88.6 cm³/mol. The van der Waals surface area contributed by atoms with Crippen molar-refractivity contribution in [1.29, 1.82) is 0 Å². The summed E-state index contributed by atoms with van der Waals surface area (Å²) in [7, 11) is -1.32. The van der Waals surface area contributed by atoms with Gasteiger partial charge in [-0.3, -0.25) is 4.68 Å². The van der Waals surface area contributed by atoms with Gasteiger partial charge in [0.1, 0.15) is 0 Å². The minimum atomic E-state index is -3.26. The van der Waals surface area contributed by atoms with Crippen LogP contribution in [0.15, 0.2) is 36.5 Å². The molecule has 2 atom stereocenters. The van der Waals surface area contributed by atoms with Gasteiger partial charge >= 0.3 is 0 Å². The standard InChI is InChI=1S/C17H21N3O2S/c1-20-17(6-7-18-20)16-10-14(16)11-19-23(21,22)15-8-12-4-2-3-5-13(12)9-15/h2-7,14-16,19H,8-11H2,1H3/t14-,16+/m0/s1. The largest absolute Gasteiger partial charge is 0.272 e. The molecule has 0 bridgehead atoms. The Hall–Kier alpha value is -1.66. The zero-order chi connectivity index (χ0) is 16.0. The molecule has 1 N–H and O–H groups in total. The molecule has 0 radical (unpaired) electrons. The van der Waals surface area contributed by atoms with Crippen molar-refractivity contribution in [3.63, 3.8) is 0 Å². The number of rotatable bonds is 5. The van der Waals surface area contributed by atoms with Gasteiger partial charge in [-0.25, -0.2) is 13.1 Å². The van der Waals surface area contributed by atoms with Gasteiger partial charge in [-0.1, -0.05) is 24.3 Å². The third kappa shape index (κ3) is 2.81. The Morgan fingerprint density at radius 3 is 2.52 bits per heavy atom. The molecule has 6 heteroatoms. The van der Waals surface area contributed by atoms with Crippen molar-refractivity contribution in [2.45, 2.75) is 30.4 Å². The average Bonchev–Trinajstić information content (AvgIpc) is 2.94. The monoisotopic (exact) mass is 331 g/mol. The van der Waals surface area contributed by atoms with E-state index in [2.05, 4.69) is 9.82 Å². The summed E-state index contributed by atoms with van der Waals surface area (Å²) in [5.74, 6) is 0.829. The van der Waals surface area contributed by atoms with Crippen molar-refractivity contribution < 1.29 is 8.42 Å². The Kier molecular flexibility index (Phi) is 3.54. The van der Waals surface area contributed by atoms with Gasteiger partial charge in [-0.2, -0.15) is 5.10 Å². The Morgan fingerprint density at radius 1 is 1.22 bits per heavy atom. The van der Waals surface area contributed by atoms with Crippen LogP contribution in [0.4, 0.5) is 0 Å². The molecule has 23 heavy (non-hydrogen) atoms. The van der Waals surface area contributed by atoms with Gasteiger partial charge < -0.3 is 0 Å². The van der Waals surface area contributed by atoms with Crippen molar-refractivity contribution in [2.24, 2.45) is 13.0 Å². The van der Waals surface area contributed by atoms with Crippen LogP contribution in [0.2, 0.25) is 0 Å². The maximum absolute atomic E-state index is 12.6. The fraction of sp³-hybridized carbons (Fsp3) is 0.471. The molecular weight excluding hydrogens is 310 g/mol. The summed E-state index contributed by atoms with van der Waals surface area (Å²) in [5, 5.41) is 3.86. The summed E-state index contributed by atoms with van der Waals surface area (Å²) < 4.78 is 29.9. The van der Waals surface area contributed by atoms with E-state index < -0.39 is 10.0 Å². The molecule has 0 spiro atoms. The molecule has 2 aromatic rings. The number of aryl methyl sites for hydroxylation is 1. The van der Waals surface area contributed by atoms with E-state index in [0.29, 0.717) is 31.2 Å². The maximum Gasteiger partial charge on any atom is 0.215 e. The van der Waals surface area contributed by atoms with Gasteiger partial charge in [-0.05, 0) is 42.4 Å². The minimum absolute atomic E-state index is 0.325. The first-order chi connectivity index (χ1) is 11.0. The van der Waals surface area contributed by atoms with Crippen LogP contribution in [0.5, 0.6) is 0 Å². The van der Waals surface area contributed by atoms with Crippen LogP contribution >= 0.6 is 0 Å². The third-order valence-corrected chi connectivity index (χ3v) is 6.94. The lowest BCUT2D eigenvalue weighted by Crippen LogP contribution is -2.36. The number of aromatic nitrogens is 2. The van der Waals surface area contributed by atoms with Gasteiger partial charge in [-0.15, -0.1) is 0 Å². The van der Waals surface area contributed by atoms with E-state index >= 15 is 0 Å². The fourth-order valence-electron chi connectivity index (χ4n) is 3.66. The Morgan fingerprint density at radius 2 is 1.91 bits per heavy atom. The van der Waals surface area contributed by atoms with E-state index in [0.717, 1.165) is 6.42 Å². The topological polar surface area (TPSA) is 64.0 Å². The van der Waals surface area contributed by atoms with Gasteiger partial charge in [0.05, 0.1) is 5.25 Å². The lowest BCUT2D eigenvalue weighted by atomic mass is 10.1. The fourth-order valence-corrected chi connectivity index (χ4v) is 5.14. The van der Waals surface area contributed by atoms with Gasteiger partial charge in [0.25, 0.3) is 0 Å². The zero-order valence-corrected chi connectivity index (χ0v) is 14.0. The summed E-state index contributed by atoms with van der Waals surface area (Å²) in [6.07, 6.45) is 4.08. The van der Waals surface area contributed by atoms with Crippen molar-refractivity contribution in [3.05, 3.63) is 53.3 Å². The predicted octanol–water partition coefficient (Wildman–Crippen LogP) is 1.61. The quantitative estimate of drug-likeness (QED) is 0.905. The molecule has 1 heterocycles. The van der Waals surface area contributed by atoms with E-state index in [4.69, 9.17) is 0 Å². The molecule has 2 aliphatic rings. The highest BCUT2D eigenvalue weighted by atomic mass is 32.2. The summed E-state index contributed by atoms with van der Waals surface area (Å²) in [4.78, 5) is 0. The molecule has 1 aromatic heterocycles. The van der Waals surface area contributed by atoms with Crippen LogP contribution in [0.1, 0.15) is 29.2 Å². The molecule has 122 valence electrons. The Labute approximate surface area is 136 Å². The summed E-state index contributed by atoms with van der Waals surface area (Å²) in [6, 6.07) is 10.0. The molecule has 2 aliphatic carbocycles. The third-order valence-electron chi connectivity index (χ3n) is 5.16. The number of nitrogens with zero attached hydrogens (tertiary/aromatic N) is 2. The SMILES string of the molecule is Cn1nccc1[C@@H]1C[C@H]1CNS(=O)(=O)C1Cc2ccccc2C1. The summed E-state index contributed by atoms with van der Waals surface area (Å²) >= 11 is 0. The first kappa shape index (κ1) is 14.9. The van der Waals surface area contributed by atoms with Crippen molar-refractivity contribution in [1.82, 2.24) is 14.5 Å². The zero-order valence-electron chi connectivity index (χ0n) is 13.1. The molecular formula is C17H21N3O2S. The minimum Gasteiger partial charge on any atom is -0.272 e. The molecule has 1 fully saturated rings. The summed E-state index contributed by atoms with van der Waals surface area (Å²) in [6.45, 7) is 0.533. The maximum atomic E-state index is 12.6. The number of sulfonamides is 1. The van der Waals surface area contributed by atoms with E-state index in [1.54, 1.807) is 6.20 Å². The highest BCUT2D eigenvalue weighted by Gasteiger charge is 2.41. The Bertz CT molecular complexity index is 803. The van der Waals surface area contributed by atoms with Crippen LogP contribution in [0.3, 0.4) is 0 Å². The van der Waals surface area contributed by atoms with E-state index in [1.807, 2.05) is 42.1 Å². The molecule has 1 saturated carbocycles. The molecule has 4 rings (SSSR count). The first-order valence-corrected chi connectivity index (χ1v) is 9.62. The van der Waals surface area contributed by atoms with E-state index in [9.17, 15) is 8.42 Å². The Balaban J connectivity index is 1.36. The molecule has 0 saturated heterocycles. The van der Waals surface area contributed by atoms with Crippen LogP contribution in [-0.2, 0) is 29.9 Å². The molecule has 5 nitrogen and oxygen atoms in total. The van der Waals surface area contributed by atoms with Crippen LogP contribution in [0, 0.1) is 5.92 Å². The van der Waals surface area contributed by atoms with Crippen LogP contribution < -0.4 is 4.72 Å². The van der Waals surface area contributed by atoms with Gasteiger partial charge in [0, 0.05) is 31.4 Å². The van der Waals surface area contributed by atoms with Crippen molar-refractivity contribution >= 4 is 10.0 Å². The first-order valence-electron chi connectivity index (χ1n) is 8.08. The molecule has 0 aliphatic heterocycles. The van der Waals surface area contributed by atoms with Crippen molar-refractivity contribution in [3.8, 4) is 0 Å². The molecule has 0 amide bonds. The normalized spacial score (nSPS) is 23.9. The second-order valence-corrected chi connectivity index (χ2v) is 8.72. The number of hydrogen-bond donors (Lipinski definition) is 1. The molecule has 0 unspecified atom stereocenters. The number of hydrogen-bond acceptors (Lipinski definition) is 3. The van der Waals surface area contributed by atoms with E-state index in [1.165, 1.54) is 16.8 Å². The number of fused-ring (bicyclic) bond motifs is 1. The smallest absolute Gasteiger partial charge is 0.215 e. The number of benzene rings is 1. The lowest BCUT2D eigenvalue weighted by Gasteiger charge is -2.12. The second-order valence-electron chi connectivity index (χ2n) is 6.67. The highest BCUT2D eigenvalue weighted by Crippen LogP contribution is 2.46.